The molecule has 0 N–H and O–H groups in total. The van der Waals surface area contributed by atoms with Gasteiger partial charge in [-0.3, -0.25) is 0 Å². The molecule has 0 amide bonds. The lowest BCUT2D eigenvalue weighted by molar-refractivity contribution is 0.202. The van der Waals surface area contributed by atoms with Crippen molar-refractivity contribution in [1.29, 1.82) is 0 Å². The van der Waals surface area contributed by atoms with Crippen molar-refractivity contribution in [3.63, 3.8) is 0 Å². The van der Waals surface area contributed by atoms with Gasteiger partial charge in [-0.25, -0.2) is 14.3 Å². The summed E-state index contributed by atoms with van der Waals surface area (Å²) in [6.45, 7) is 2.09. The van der Waals surface area contributed by atoms with Gasteiger partial charge < -0.3 is 9.64 Å². The topological polar surface area (TPSA) is 47.4 Å². The third-order valence-corrected chi connectivity index (χ3v) is 3.04. The molecule has 5 heteroatoms. The van der Waals surface area contributed by atoms with Gasteiger partial charge in [-0.05, 0) is 38.7 Å². The molecule has 2 aromatic rings. The Morgan fingerprint density at radius 1 is 1.42 bits per heavy atom. The fraction of sp³-hybridized carbons (Fsp3) is 0.286. The van der Waals surface area contributed by atoms with E-state index in [9.17, 15) is 4.79 Å². The largest absolute Gasteiger partial charge is 0.424 e. The zero-order valence-electron chi connectivity index (χ0n) is 11.3. The summed E-state index contributed by atoms with van der Waals surface area (Å²) in [4.78, 5) is 17.7. The summed E-state index contributed by atoms with van der Waals surface area (Å²) in [5.74, 6) is 0.532. The molecule has 0 aliphatic heterocycles. The molecule has 1 unspecified atom stereocenters. The average molecular weight is 259 g/mol. The van der Waals surface area contributed by atoms with E-state index in [0.29, 0.717) is 5.75 Å². The molecule has 1 heterocycles. The van der Waals surface area contributed by atoms with Gasteiger partial charge in [0.05, 0.1) is 0 Å². The zero-order valence-corrected chi connectivity index (χ0v) is 11.3. The number of ether oxygens (including phenoxy) is 1. The number of nitrogens with zero attached hydrogens (tertiary/aromatic N) is 3. The van der Waals surface area contributed by atoms with Crippen molar-refractivity contribution < 1.29 is 9.53 Å². The Morgan fingerprint density at radius 3 is 2.84 bits per heavy atom. The first kappa shape index (κ1) is 13.3. The first-order chi connectivity index (χ1) is 9.08. The van der Waals surface area contributed by atoms with Crippen molar-refractivity contribution in [2.45, 2.75) is 13.0 Å². The Hall–Kier alpha value is -2.14. The van der Waals surface area contributed by atoms with E-state index >= 15 is 0 Å². The molecule has 1 aromatic heterocycles. The van der Waals surface area contributed by atoms with Crippen LogP contribution in [-0.4, -0.2) is 34.6 Å². The number of rotatable bonds is 3. The summed E-state index contributed by atoms with van der Waals surface area (Å²) in [7, 11) is 4.02. The van der Waals surface area contributed by atoms with Crippen LogP contribution < -0.4 is 4.74 Å². The van der Waals surface area contributed by atoms with E-state index < -0.39 is 6.09 Å². The maximum atomic E-state index is 11.8. The van der Waals surface area contributed by atoms with E-state index in [1.165, 1.54) is 17.1 Å². The molecule has 1 aromatic carbocycles. The van der Waals surface area contributed by atoms with Gasteiger partial charge >= 0.3 is 6.09 Å². The summed E-state index contributed by atoms with van der Waals surface area (Å²) in [6, 6.07) is 7.79. The predicted molar refractivity (Wildman–Crippen MR) is 72.2 cm³/mol. The van der Waals surface area contributed by atoms with Gasteiger partial charge in [0.25, 0.3) is 0 Å². The third-order valence-electron chi connectivity index (χ3n) is 3.04. The summed E-state index contributed by atoms with van der Waals surface area (Å²) in [5, 5.41) is 0. The fourth-order valence-corrected chi connectivity index (χ4v) is 1.66. The van der Waals surface area contributed by atoms with Crippen LogP contribution in [0.15, 0.2) is 43.0 Å². The van der Waals surface area contributed by atoms with Crippen LogP contribution in [-0.2, 0) is 0 Å². The van der Waals surface area contributed by atoms with E-state index in [4.69, 9.17) is 4.74 Å². The molecule has 0 fully saturated rings. The van der Waals surface area contributed by atoms with Gasteiger partial charge in [0.2, 0.25) is 0 Å². The number of aromatic nitrogens is 2. The van der Waals surface area contributed by atoms with Crippen LogP contribution in [0.3, 0.4) is 0 Å². The lowest BCUT2D eigenvalue weighted by atomic mass is 10.1. The van der Waals surface area contributed by atoms with Crippen LogP contribution in [0.4, 0.5) is 4.79 Å². The Balaban J connectivity index is 2.13. The predicted octanol–water partition coefficient (Wildman–Crippen LogP) is 2.55. The molecular formula is C14H17N3O2. The quantitative estimate of drug-likeness (QED) is 0.850. The number of imidazole rings is 1. The van der Waals surface area contributed by atoms with E-state index in [-0.39, 0.29) is 6.04 Å². The average Bonchev–Trinajstić information content (AvgIpc) is 2.92. The summed E-state index contributed by atoms with van der Waals surface area (Å²) < 4.78 is 6.59. The summed E-state index contributed by atoms with van der Waals surface area (Å²) >= 11 is 0. The number of hydrogen-bond acceptors (Lipinski definition) is 4. The molecule has 0 saturated heterocycles. The first-order valence-electron chi connectivity index (χ1n) is 6.04. The maximum absolute atomic E-state index is 11.8. The summed E-state index contributed by atoms with van der Waals surface area (Å²) in [6.07, 6.45) is 4.03. The normalized spacial score (nSPS) is 12.4. The van der Waals surface area contributed by atoms with Gasteiger partial charge in [-0.2, -0.15) is 0 Å². The van der Waals surface area contributed by atoms with Gasteiger partial charge in [0.1, 0.15) is 12.1 Å². The lowest BCUT2D eigenvalue weighted by Crippen LogP contribution is -2.17. The van der Waals surface area contributed by atoms with E-state index in [1.54, 1.807) is 12.3 Å². The molecule has 0 saturated carbocycles. The molecule has 5 nitrogen and oxygen atoms in total. The minimum atomic E-state index is -0.466. The summed E-state index contributed by atoms with van der Waals surface area (Å²) in [5.41, 5.74) is 1.10. The van der Waals surface area contributed by atoms with Crippen molar-refractivity contribution in [3.8, 4) is 5.75 Å². The second-order valence-corrected chi connectivity index (χ2v) is 4.55. The van der Waals surface area contributed by atoms with E-state index in [0.717, 1.165) is 5.56 Å². The number of hydrogen-bond donors (Lipinski definition) is 0. The van der Waals surface area contributed by atoms with E-state index in [1.807, 2.05) is 32.3 Å². The van der Waals surface area contributed by atoms with Crippen LogP contribution in [0.5, 0.6) is 5.75 Å². The molecule has 2 rings (SSSR count). The van der Waals surface area contributed by atoms with Crippen molar-refractivity contribution >= 4 is 6.09 Å². The number of carbonyl (C=O) groups is 1. The van der Waals surface area contributed by atoms with Crippen LogP contribution in [0.2, 0.25) is 0 Å². The van der Waals surface area contributed by atoms with Crippen molar-refractivity contribution in [1.82, 2.24) is 14.5 Å². The lowest BCUT2D eigenvalue weighted by Gasteiger charge is -2.20. The Labute approximate surface area is 112 Å². The second-order valence-electron chi connectivity index (χ2n) is 4.55. The van der Waals surface area contributed by atoms with Gasteiger partial charge in [0.15, 0.2) is 0 Å². The van der Waals surface area contributed by atoms with Crippen LogP contribution in [0, 0.1) is 0 Å². The molecular weight excluding hydrogens is 242 g/mol. The molecule has 0 bridgehead atoms. The Kier molecular flexibility index (Phi) is 3.97. The zero-order chi connectivity index (χ0) is 13.8. The Morgan fingerprint density at radius 2 is 2.21 bits per heavy atom. The highest BCUT2D eigenvalue weighted by Gasteiger charge is 2.11. The number of benzene rings is 1. The molecule has 1 atom stereocenters. The van der Waals surface area contributed by atoms with Gasteiger partial charge in [-0.15, -0.1) is 0 Å². The number of carbonyl (C=O) groups excluding carboxylic acids is 1. The third kappa shape index (κ3) is 3.20. The SMILES string of the molecule is CC(c1cccc(OC(=O)n2ccnc2)c1)N(C)C. The van der Waals surface area contributed by atoms with Crippen LogP contribution in [0.25, 0.3) is 0 Å². The van der Waals surface area contributed by atoms with Gasteiger partial charge in [-0.1, -0.05) is 12.1 Å². The standard InChI is InChI=1S/C14H17N3O2/c1-11(16(2)3)12-5-4-6-13(9-12)19-14(18)17-8-7-15-10-17/h4-11H,1-3H3. The monoisotopic (exact) mass is 259 g/mol. The minimum Gasteiger partial charge on any atom is -0.410 e. The molecule has 0 aliphatic carbocycles. The molecule has 19 heavy (non-hydrogen) atoms. The highest BCUT2D eigenvalue weighted by Crippen LogP contribution is 2.22. The van der Waals surface area contributed by atoms with Crippen molar-refractivity contribution in [2.24, 2.45) is 0 Å². The molecule has 0 radical (unpaired) electrons. The molecule has 0 aliphatic rings. The van der Waals surface area contributed by atoms with Gasteiger partial charge in [0, 0.05) is 18.4 Å². The minimum absolute atomic E-state index is 0.256. The second kappa shape index (κ2) is 5.67. The highest BCUT2D eigenvalue weighted by atomic mass is 16.6. The highest BCUT2D eigenvalue weighted by molar-refractivity contribution is 5.72. The molecule has 0 spiro atoms. The maximum Gasteiger partial charge on any atom is 0.424 e. The van der Waals surface area contributed by atoms with Crippen molar-refractivity contribution in [2.75, 3.05) is 14.1 Å². The van der Waals surface area contributed by atoms with Crippen LogP contribution in [0.1, 0.15) is 18.5 Å². The first-order valence-corrected chi connectivity index (χ1v) is 6.04. The smallest absolute Gasteiger partial charge is 0.410 e. The Bertz CT molecular complexity index is 550. The fourth-order valence-electron chi connectivity index (χ4n) is 1.66. The molecule has 100 valence electrons. The van der Waals surface area contributed by atoms with E-state index in [2.05, 4.69) is 16.8 Å². The van der Waals surface area contributed by atoms with Crippen LogP contribution >= 0.6 is 0 Å². The van der Waals surface area contributed by atoms with Crippen molar-refractivity contribution in [3.05, 3.63) is 48.5 Å².